The van der Waals surface area contributed by atoms with Crippen LogP contribution in [0.1, 0.15) is 6.92 Å². The molecule has 2 aromatic rings. The Hall–Kier alpha value is -1.82. The largest absolute Gasteiger partial charge is 0.354 e. The van der Waals surface area contributed by atoms with E-state index in [4.69, 9.17) is 23.2 Å². The van der Waals surface area contributed by atoms with Gasteiger partial charge in [-0.15, -0.1) is 0 Å². The molecule has 0 aliphatic carbocycles. The third-order valence-corrected chi connectivity index (χ3v) is 4.83. The number of nitrogens with zero attached hydrogens (tertiary/aromatic N) is 3. The molecular formula is C18H20Cl2N4O. The molecule has 1 unspecified atom stereocenters. The van der Waals surface area contributed by atoms with Crippen LogP contribution in [0.3, 0.4) is 0 Å². The minimum absolute atomic E-state index is 0.0275. The smallest absolute Gasteiger partial charge is 0.241 e. The molecule has 132 valence electrons. The molecule has 0 saturated carbocycles. The summed E-state index contributed by atoms with van der Waals surface area (Å²) in [5, 5.41) is 4.16. The number of halogens is 2. The van der Waals surface area contributed by atoms with Crippen LogP contribution < -0.4 is 10.2 Å². The lowest BCUT2D eigenvalue weighted by Gasteiger charge is -2.38. The zero-order valence-electron chi connectivity index (χ0n) is 14.0. The minimum Gasteiger partial charge on any atom is -0.354 e. The van der Waals surface area contributed by atoms with Crippen molar-refractivity contribution < 1.29 is 4.79 Å². The Bertz CT molecular complexity index is 730. The summed E-state index contributed by atoms with van der Waals surface area (Å²) in [6, 6.07) is 10.7. The van der Waals surface area contributed by atoms with Crippen molar-refractivity contribution in [1.82, 2.24) is 9.88 Å². The molecule has 1 saturated heterocycles. The van der Waals surface area contributed by atoms with E-state index in [1.54, 1.807) is 18.3 Å². The Balaban J connectivity index is 1.54. The van der Waals surface area contributed by atoms with E-state index in [1.807, 2.05) is 31.2 Å². The van der Waals surface area contributed by atoms with Gasteiger partial charge < -0.3 is 10.2 Å². The summed E-state index contributed by atoms with van der Waals surface area (Å²) in [5.41, 5.74) is 0.716. The predicted octanol–water partition coefficient (Wildman–Crippen LogP) is 3.54. The topological polar surface area (TPSA) is 48.5 Å². The van der Waals surface area contributed by atoms with Crippen molar-refractivity contribution in [3.05, 3.63) is 52.6 Å². The van der Waals surface area contributed by atoms with E-state index in [-0.39, 0.29) is 11.9 Å². The van der Waals surface area contributed by atoms with Crippen LogP contribution in [-0.2, 0) is 4.79 Å². The molecule has 1 aromatic heterocycles. The number of anilines is 2. The molecule has 1 aliphatic rings. The number of rotatable bonds is 4. The number of nitrogens with one attached hydrogen (secondary N) is 1. The van der Waals surface area contributed by atoms with E-state index in [2.05, 4.69) is 20.1 Å². The van der Waals surface area contributed by atoms with E-state index in [0.29, 0.717) is 15.7 Å². The van der Waals surface area contributed by atoms with Gasteiger partial charge in [0.05, 0.1) is 11.1 Å². The van der Waals surface area contributed by atoms with Crippen LogP contribution in [0, 0.1) is 0 Å². The fourth-order valence-electron chi connectivity index (χ4n) is 2.87. The Morgan fingerprint density at radius 3 is 2.52 bits per heavy atom. The zero-order chi connectivity index (χ0) is 17.8. The summed E-state index contributed by atoms with van der Waals surface area (Å²) in [6.07, 6.45) is 1.66. The van der Waals surface area contributed by atoms with Gasteiger partial charge in [-0.05, 0) is 37.3 Å². The van der Waals surface area contributed by atoms with Crippen LogP contribution in [0.25, 0.3) is 0 Å². The Kier molecular flexibility index (Phi) is 5.78. The summed E-state index contributed by atoms with van der Waals surface area (Å²) in [5.74, 6) is 0.889. The highest BCUT2D eigenvalue weighted by Gasteiger charge is 2.26. The van der Waals surface area contributed by atoms with E-state index in [9.17, 15) is 4.79 Å². The maximum atomic E-state index is 12.5. The number of carbonyl (C=O) groups is 1. The second-order valence-corrected chi connectivity index (χ2v) is 6.91. The highest BCUT2D eigenvalue weighted by molar-refractivity contribution is 6.31. The van der Waals surface area contributed by atoms with Crippen LogP contribution in [0.2, 0.25) is 10.0 Å². The van der Waals surface area contributed by atoms with Crippen LogP contribution in [-0.4, -0.2) is 48.0 Å². The van der Waals surface area contributed by atoms with Crippen molar-refractivity contribution >= 4 is 40.6 Å². The van der Waals surface area contributed by atoms with Crippen LogP contribution in [0.15, 0.2) is 42.6 Å². The molecule has 1 fully saturated rings. The first-order valence-corrected chi connectivity index (χ1v) is 8.95. The number of piperazine rings is 1. The van der Waals surface area contributed by atoms with E-state index in [1.165, 1.54) is 0 Å². The number of pyridine rings is 1. The van der Waals surface area contributed by atoms with E-state index in [0.717, 1.165) is 32.0 Å². The summed E-state index contributed by atoms with van der Waals surface area (Å²) >= 11 is 11.8. The Morgan fingerprint density at radius 2 is 1.88 bits per heavy atom. The van der Waals surface area contributed by atoms with Gasteiger partial charge in [-0.25, -0.2) is 4.98 Å². The molecule has 25 heavy (non-hydrogen) atoms. The van der Waals surface area contributed by atoms with Gasteiger partial charge in [0, 0.05) is 43.1 Å². The predicted molar refractivity (Wildman–Crippen MR) is 103 cm³/mol. The number of amides is 1. The Labute approximate surface area is 157 Å². The van der Waals surface area contributed by atoms with Gasteiger partial charge in [-0.1, -0.05) is 29.3 Å². The molecule has 5 nitrogen and oxygen atoms in total. The molecule has 0 spiro atoms. The molecule has 3 rings (SSSR count). The molecule has 7 heteroatoms. The average Bonchev–Trinajstić information content (AvgIpc) is 2.62. The van der Waals surface area contributed by atoms with Gasteiger partial charge in [-0.2, -0.15) is 0 Å². The lowest BCUT2D eigenvalue weighted by molar-refractivity contribution is -0.120. The fourth-order valence-corrected chi connectivity index (χ4v) is 3.17. The van der Waals surface area contributed by atoms with Crippen LogP contribution in [0.5, 0.6) is 0 Å². The highest BCUT2D eigenvalue weighted by atomic mass is 35.5. The number of carbonyl (C=O) groups excluding carboxylic acids is 1. The number of hydrogen-bond donors (Lipinski definition) is 1. The zero-order valence-corrected chi connectivity index (χ0v) is 15.5. The summed E-state index contributed by atoms with van der Waals surface area (Å²) in [6.45, 7) is 5.17. The monoisotopic (exact) mass is 378 g/mol. The van der Waals surface area contributed by atoms with Crippen molar-refractivity contribution in [3.8, 4) is 0 Å². The van der Waals surface area contributed by atoms with Crippen molar-refractivity contribution in [1.29, 1.82) is 0 Å². The average molecular weight is 379 g/mol. The molecule has 1 atom stereocenters. The van der Waals surface area contributed by atoms with Gasteiger partial charge in [0.1, 0.15) is 5.82 Å². The SMILES string of the molecule is CC(C(=O)Nc1cccc(Cl)c1)N1CCN(c2ccc(Cl)cn2)CC1. The summed E-state index contributed by atoms with van der Waals surface area (Å²) < 4.78 is 0. The van der Waals surface area contributed by atoms with Crippen molar-refractivity contribution in [3.63, 3.8) is 0 Å². The molecule has 2 heterocycles. The fraction of sp³-hybridized carbons (Fsp3) is 0.333. The quantitative estimate of drug-likeness (QED) is 0.883. The third kappa shape index (κ3) is 4.63. The molecule has 1 amide bonds. The molecular weight excluding hydrogens is 359 g/mol. The third-order valence-electron chi connectivity index (χ3n) is 4.37. The lowest BCUT2D eigenvalue weighted by atomic mass is 10.2. The lowest BCUT2D eigenvalue weighted by Crippen LogP contribution is -2.53. The molecule has 1 aromatic carbocycles. The first-order valence-electron chi connectivity index (χ1n) is 8.20. The Morgan fingerprint density at radius 1 is 1.12 bits per heavy atom. The molecule has 0 bridgehead atoms. The second-order valence-electron chi connectivity index (χ2n) is 6.03. The van der Waals surface area contributed by atoms with Gasteiger partial charge in [0.2, 0.25) is 5.91 Å². The first-order chi connectivity index (χ1) is 12.0. The first kappa shape index (κ1) is 18.0. The van der Waals surface area contributed by atoms with E-state index < -0.39 is 0 Å². The van der Waals surface area contributed by atoms with Crippen LogP contribution >= 0.6 is 23.2 Å². The number of hydrogen-bond acceptors (Lipinski definition) is 4. The van der Waals surface area contributed by atoms with Gasteiger partial charge >= 0.3 is 0 Å². The van der Waals surface area contributed by atoms with Gasteiger partial charge in [-0.3, -0.25) is 9.69 Å². The molecule has 1 aliphatic heterocycles. The maximum absolute atomic E-state index is 12.5. The van der Waals surface area contributed by atoms with Gasteiger partial charge in [0.15, 0.2) is 0 Å². The molecule has 0 radical (unpaired) electrons. The highest BCUT2D eigenvalue weighted by Crippen LogP contribution is 2.18. The van der Waals surface area contributed by atoms with Crippen molar-refractivity contribution in [2.24, 2.45) is 0 Å². The number of benzene rings is 1. The number of aromatic nitrogens is 1. The van der Waals surface area contributed by atoms with Crippen molar-refractivity contribution in [2.45, 2.75) is 13.0 Å². The standard InChI is InChI=1S/C18H20Cl2N4O/c1-13(18(25)22-16-4-2-3-14(19)11-16)23-7-9-24(10-8-23)17-6-5-15(20)12-21-17/h2-6,11-13H,7-10H2,1H3,(H,22,25). The second kappa shape index (κ2) is 8.04. The summed E-state index contributed by atoms with van der Waals surface area (Å²) in [4.78, 5) is 21.2. The minimum atomic E-state index is -0.209. The molecule has 1 N–H and O–H groups in total. The van der Waals surface area contributed by atoms with Crippen LogP contribution in [0.4, 0.5) is 11.5 Å². The maximum Gasteiger partial charge on any atom is 0.241 e. The normalized spacial score (nSPS) is 16.5. The van der Waals surface area contributed by atoms with E-state index >= 15 is 0 Å². The summed E-state index contributed by atoms with van der Waals surface area (Å²) in [7, 11) is 0. The van der Waals surface area contributed by atoms with Gasteiger partial charge in [0.25, 0.3) is 0 Å². The van der Waals surface area contributed by atoms with Crippen molar-refractivity contribution in [2.75, 3.05) is 36.4 Å².